The Balaban J connectivity index is 2.41. The quantitative estimate of drug-likeness (QED) is 0.579. The first-order valence-electron chi connectivity index (χ1n) is 5.05. The van der Waals surface area contributed by atoms with Gasteiger partial charge in [0, 0.05) is 18.7 Å². The number of hydrogen-bond acceptors (Lipinski definition) is 3. The SMILES string of the molecule is Bc1cc2c(nc1OC)CCNCC2. The van der Waals surface area contributed by atoms with Crippen LogP contribution in [-0.4, -0.2) is 33.0 Å². The summed E-state index contributed by atoms with van der Waals surface area (Å²) < 4.78 is 5.22. The molecule has 0 saturated heterocycles. The molecule has 74 valence electrons. The topological polar surface area (TPSA) is 34.1 Å². The van der Waals surface area contributed by atoms with Crippen LogP contribution in [0.4, 0.5) is 0 Å². The molecule has 0 aromatic carbocycles. The summed E-state index contributed by atoms with van der Waals surface area (Å²) in [5, 5.41) is 3.37. The van der Waals surface area contributed by atoms with Crippen molar-refractivity contribution in [3.05, 3.63) is 17.3 Å². The van der Waals surface area contributed by atoms with Gasteiger partial charge in [-0.25, -0.2) is 4.98 Å². The van der Waals surface area contributed by atoms with Crippen molar-refractivity contribution in [2.24, 2.45) is 0 Å². The minimum Gasteiger partial charge on any atom is -0.481 e. The normalized spacial score (nSPS) is 15.8. The highest BCUT2D eigenvalue weighted by molar-refractivity contribution is 6.34. The third-order valence-corrected chi connectivity index (χ3v) is 2.64. The minimum atomic E-state index is 0.769. The molecule has 0 spiro atoms. The molecule has 0 saturated carbocycles. The number of hydrogen-bond donors (Lipinski definition) is 1. The van der Waals surface area contributed by atoms with Crippen molar-refractivity contribution >= 4 is 13.3 Å². The van der Waals surface area contributed by atoms with Crippen molar-refractivity contribution in [1.82, 2.24) is 10.3 Å². The van der Waals surface area contributed by atoms with Crippen molar-refractivity contribution in [3.8, 4) is 5.88 Å². The summed E-state index contributed by atoms with van der Waals surface area (Å²) >= 11 is 0. The monoisotopic (exact) mass is 190 g/mol. The van der Waals surface area contributed by atoms with Gasteiger partial charge in [0.2, 0.25) is 5.88 Å². The van der Waals surface area contributed by atoms with Crippen LogP contribution in [0.25, 0.3) is 0 Å². The van der Waals surface area contributed by atoms with E-state index in [4.69, 9.17) is 4.74 Å². The lowest BCUT2D eigenvalue weighted by Crippen LogP contribution is -2.16. The Morgan fingerprint density at radius 3 is 3.00 bits per heavy atom. The predicted octanol–water partition coefficient (Wildman–Crippen LogP) is -0.963. The largest absolute Gasteiger partial charge is 0.481 e. The van der Waals surface area contributed by atoms with Crippen molar-refractivity contribution in [2.75, 3.05) is 20.2 Å². The van der Waals surface area contributed by atoms with Crippen molar-refractivity contribution < 1.29 is 4.74 Å². The highest BCUT2D eigenvalue weighted by Gasteiger charge is 2.11. The molecule has 0 bridgehead atoms. The van der Waals surface area contributed by atoms with Crippen molar-refractivity contribution in [1.29, 1.82) is 0 Å². The molecule has 1 aromatic rings. The number of fused-ring (bicyclic) bond motifs is 1. The Morgan fingerprint density at radius 1 is 1.43 bits per heavy atom. The molecule has 2 heterocycles. The second-order valence-electron chi connectivity index (χ2n) is 3.67. The van der Waals surface area contributed by atoms with E-state index in [-0.39, 0.29) is 0 Å². The van der Waals surface area contributed by atoms with Crippen LogP contribution in [0.2, 0.25) is 0 Å². The second-order valence-corrected chi connectivity index (χ2v) is 3.67. The molecule has 0 amide bonds. The fourth-order valence-corrected chi connectivity index (χ4v) is 1.88. The molecule has 1 aliphatic rings. The number of nitrogens with zero attached hydrogens (tertiary/aromatic N) is 1. The van der Waals surface area contributed by atoms with Gasteiger partial charge in [-0.3, -0.25) is 0 Å². The van der Waals surface area contributed by atoms with Gasteiger partial charge >= 0.3 is 0 Å². The molecule has 0 fully saturated rings. The van der Waals surface area contributed by atoms with Crippen molar-refractivity contribution in [2.45, 2.75) is 12.8 Å². The fourth-order valence-electron chi connectivity index (χ4n) is 1.88. The Labute approximate surface area is 85.3 Å². The highest BCUT2D eigenvalue weighted by Crippen LogP contribution is 2.13. The first kappa shape index (κ1) is 9.53. The molecule has 1 aromatic heterocycles. The van der Waals surface area contributed by atoms with E-state index in [2.05, 4.69) is 16.4 Å². The number of pyridine rings is 1. The number of aromatic nitrogens is 1. The summed E-state index contributed by atoms with van der Waals surface area (Å²) in [6.07, 6.45) is 2.08. The van der Waals surface area contributed by atoms with Crippen LogP contribution >= 0.6 is 0 Å². The Morgan fingerprint density at radius 2 is 2.21 bits per heavy atom. The van der Waals surface area contributed by atoms with E-state index < -0.39 is 0 Å². The maximum absolute atomic E-state index is 5.22. The third-order valence-electron chi connectivity index (χ3n) is 2.64. The molecule has 2 rings (SSSR count). The Bertz CT molecular complexity index is 341. The van der Waals surface area contributed by atoms with Gasteiger partial charge in [-0.2, -0.15) is 0 Å². The fraction of sp³-hybridized carbons (Fsp3) is 0.500. The summed E-state index contributed by atoms with van der Waals surface area (Å²) in [6, 6.07) is 2.20. The average Bonchev–Trinajstić information content (AvgIpc) is 2.41. The zero-order valence-electron chi connectivity index (χ0n) is 8.76. The molecule has 0 atom stereocenters. The zero-order chi connectivity index (χ0) is 9.97. The van der Waals surface area contributed by atoms with Crippen LogP contribution in [0.15, 0.2) is 6.07 Å². The van der Waals surface area contributed by atoms with Crippen molar-refractivity contribution in [3.63, 3.8) is 0 Å². The maximum atomic E-state index is 5.22. The Hall–Kier alpha value is -1.03. The molecule has 1 aliphatic heterocycles. The number of nitrogens with one attached hydrogen (secondary N) is 1. The first-order chi connectivity index (χ1) is 6.81. The summed E-state index contributed by atoms with van der Waals surface area (Å²) in [6.45, 7) is 2.08. The molecule has 3 nitrogen and oxygen atoms in total. The zero-order valence-corrected chi connectivity index (χ0v) is 8.76. The molecular weight excluding hydrogens is 175 g/mol. The third kappa shape index (κ3) is 1.75. The molecule has 4 heteroatoms. The van der Waals surface area contributed by atoms with Gasteiger partial charge in [0.15, 0.2) is 0 Å². The summed E-state index contributed by atoms with van der Waals surface area (Å²) in [5.41, 5.74) is 3.69. The van der Waals surface area contributed by atoms with Gasteiger partial charge < -0.3 is 10.1 Å². The van der Waals surface area contributed by atoms with Gasteiger partial charge in [-0.1, -0.05) is 6.07 Å². The molecule has 14 heavy (non-hydrogen) atoms. The lowest BCUT2D eigenvalue weighted by molar-refractivity contribution is 0.400. The van der Waals surface area contributed by atoms with E-state index in [1.165, 1.54) is 11.3 Å². The van der Waals surface area contributed by atoms with Gasteiger partial charge in [-0.05, 0) is 24.0 Å². The lowest BCUT2D eigenvalue weighted by Gasteiger charge is -2.09. The van der Waals surface area contributed by atoms with E-state index in [0.717, 1.165) is 37.3 Å². The Kier molecular flexibility index (Phi) is 2.73. The average molecular weight is 190 g/mol. The smallest absolute Gasteiger partial charge is 0.206 e. The van der Waals surface area contributed by atoms with E-state index in [1.807, 2.05) is 7.85 Å². The van der Waals surface area contributed by atoms with Gasteiger partial charge in [0.1, 0.15) is 7.85 Å². The molecule has 0 unspecified atom stereocenters. The number of methoxy groups -OCH3 is 1. The molecule has 1 N–H and O–H groups in total. The van der Waals surface area contributed by atoms with Crippen LogP contribution in [0.3, 0.4) is 0 Å². The summed E-state index contributed by atoms with van der Waals surface area (Å²) in [7, 11) is 3.72. The second kappa shape index (κ2) is 4.01. The van der Waals surface area contributed by atoms with E-state index >= 15 is 0 Å². The predicted molar refractivity (Wildman–Crippen MR) is 59.2 cm³/mol. The number of rotatable bonds is 1. The lowest BCUT2D eigenvalue weighted by atomic mass is 9.94. The van der Waals surface area contributed by atoms with E-state index in [1.54, 1.807) is 7.11 Å². The van der Waals surface area contributed by atoms with Crippen LogP contribution in [0.5, 0.6) is 5.88 Å². The van der Waals surface area contributed by atoms with E-state index in [9.17, 15) is 0 Å². The number of ether oxygens (including phenoxy) is 1. The van der Waals surface area contributed by atoms with Gasteiger partial charge in [0.25, 0.3) is 0 Å². The molecular formula is C10H15BN2O. The van der Waals surface area contributed by atoms with Gasteiger partial charge in [0.05, 0.1) is 7.11 Å². The minimum absolute atomic E-state index is 0.769. The van der Waals surface area contributed by atoms with Crippen LogP contribution in [0.1, 0.15) is 11.3 Å². The highest BCUT2D eigenvalue weighted by atomic mass is 16.5. The standard InChI is InChI=1S/C10H15BN2O/c1-14-10-8(11)6-7-2-4-12-5-3-9(7)13-10/h6,12H,2-5,11H2,1H3. The van der Waals surface area contributed by atoms with Crippen LogP contribution in [0, 0.1) is 0 Å². The van der Waals surface area contributed by atoms with Crippen LogP contribution in [-0.2, 0) is 12.8 Å². The van der Waals surface area contributed by atoms with Crippen LogP contribution < -0.4 is 15.5 Å². The maximum Gasteiger partial charge on any atom is 0.206 e. The summed E-state index contributed by atoms with van der Waals surface area (Å²) in [5.74, 6) is 0.769. The molecule has 0 radical (unpaired) electrons. The van der Waals surface area contributed by atoms with E-state index in [0.29, 0.717) is 0 Å². The summed E-state index contributed by atoms with van der Waals surface area (Å²) in [4.78, 5) is 4.53. The molecule has 0 aliphatic carbocycles. The first-order valence-corrected chi connectivity index (χ1v) is 5.05. The van der Waals surface area contributed by atoms with Gasteiger partial charge in [-0.15, -0.1) is 0 Å².